The Morgan fingerprint density at radius 3 is 2.59 bits per heavy atom. The predicted molar refractivity (Wildman–Crippen MR) is 64.0 cm³/mol. The number of hydrogen-bond donors (Lipinski definition) is 1. The van der Waals surface area contributed by atoms with Crippen LogP contribution >= 0.6 is 0 Å². The van der Waals surface area contributed by atoms with Gasteiger partial charge in [0.25, 0.3) is 0 Å². The van der Waals surface area contributed by atoms with Gasteiger partial charge in [0.15, 0.2) is 0 Å². The molecule has 0 bridgehead atoms. The number of hydrogen-bond acceptors (Lipinski definition) is 4. The van der Waals surface area contributed by atoms with E-state index in [2.05, 4.69) is 0 Å². The van der Waals surface area contributed by atoms with E-state index in [1.165, 1.54) is 0 Å². The minimum Gasteiger partial charge on any atom is -0.493 e. The molecule has 1 aromatic rings. The highest BCUT2D eigenvalue weighted by atomic mass is 16.5. The molecule has 0 aromatic heterocycles. The lowest BCUT2D eigenvalue weighted by molar-refractivity contribution is -0.143. The molecule has 1 aromatic carbocycles. The number of rotatable bonds is 7. The van der Waals surface area contributed by atoms with E-state index in [4.69, 9.17) is 14.6 Å². The molecular formula is C13H18O4. The summed E-state index contributed by atoms with van der Waals surface area (Å²) in [5.41, 5.74) is 1.06. The first kappa shape index (κ1) is 13.5. The molecule has 4 nitrogen and oxygen atoms in total. The topological polar surface area (TPSA) is 55.8 Å². The van der Waals surface area contributed by atoms with Crippen molar-refractivity contribution in [2.24, 2.45) is 0 Å². The lowest BCUT2D eigenvalue weighted by Gasteiger charge is -2.06. The second-order valence-electron chi connectivity index (χ2n) is 3.52. The smallest absolute Gasteiger partial charge is 0.309 e. The molecule has 0 saturated heterocycles. The molecule has 0 amide bonds. The summed E-state index contributed by atoms with van der Waals surface area (Å²) < 4.78 is 10.2. The summed E-state index contributed by atoms with van der Waals surface area (Å²) in [4.78, 5) is 11.0. The summed E-state index contributed by atoms with van der Waals surface area (Å²) >= 11 is 0. The zero-order valence-electron chi connectivity index (χ0n) is 10.0. The van der Waals surface area contributed by atoms with Crippen LogP contribution in [-0.2, 0) is 16.0 Å². The van der Waals surface area contributed by atoms with Gasteiger partial charge in [-0.1, -0.05) is 12.1 Å². The summed E-state index contributed by atoms with van der Waals surface area (Å²) in [6.07, 6.45) is 0.898. The molecule has 0 fully saturated rings. The van der Waals surface area contributed by atoms with Crippen molar-refractivity contribution in [3.63, 3.8) is 0 Å². The summed E-state index contributed by atoms with van der Waals surface area (Å²) in [5, 5.41) is 8.76. The number of carbonyl (C=O) groups excluding carboxylic acids is 1. The van der Waals surface area contributed by atoms with E-state index in [1.54, 1.807) is 6.92 Å². The Hall–Kier alpha value is -1.55. The zero-order valence-corrected chi connectivity index (χ0v) is 10.0. The molecule has 0 aliphatic heterocycles. The lowest BCUT2D eigenvalue weighted by Crippen LogP contribution is -2.09. The van der Waals surface area contributed by atoms with Crippen LogP contribution in [0.4, 0.5) is 0 Å². The Morgan fingerprint density at radius 1 is 1.29 bits per heavy atom. The van der Waals surface area contributed by atoms with Gasteiger partial charge >= 0.3 is 5.97 Å². The summed E-state index contributed by atoms with van der Waals surface area (Å²) in [6.45, 7) is 2.63. The van der Waals surface area contributed by atoms with Gasteiger partial charge in [0.2, 0.25) is 0 Å². The van der Waals surface area contributed by atoms with Crippen molar-refractivity contribution in [3.05, 3.63) is 29.8 Å². The fraction of sp³-hybridized carbons (Fsp3) is 0.462. The Bertz CT molecular complexity index is 332. The number of carbonyl (C=O) groups is 1. The molecule has 17 heavy (non-hydrogen) atoms. The molecule has 0 aliphatic carbocycles. The fourth-order valence-electron chi connectivity index (χ4n) is 1.37. The van der Waals surface area contributed by atoms with Crippen LogP contribution in [0, 0.1) is 0 Å². The van der Waals surface area contributed by atoms with Crippen LogP contribution in [-0.4, -0.2) is 30.9 Å². The van der Waals surface area contributed by atoms with Crippen molar-refractivity contribution >= 4 is 5.97 Å². The van der Waals surface area contributed by atoms with E-state index in [9.17, 15) is 4.79 Å². The van der Waals surface area contributed by atoms with E-state index in [1.807, 2.05) is 24.3 Å². The largest absolute Gasteiger partial charge is 0.493 e. The quantitative estimate of drug-likeness (QED) is 0.732. The number of ether oxygens (including phenoxy) is 2. The van der Waals surface area contributed by atoms with Crippen LogP contribution in [0.25, 0.3) is 0 Å². The van der Waals surface area contributed by atoms with Gasteiger partial charge in [0, 0.05) is 6.61 Å². The molecule has 1 N–H and O–H groups in total. The molecule has 0 unspecified atom stereocenters. The molecule has 0 aliphatic rings. The van der Waals surface area contributed by atoms with Crippen molar-refractivity contribution in [1.29, 1.82) is 0 Å². The van der Waals surface area contributed by atoms with Crippen LogP contribution in [0.15, 0.2) is 24.3 Å². The third-order valence-electron chi connectivity index (χ3n) is 2.20. The van der Waals surface area contributed by atoms with Gasteiger partial charge in [0.05, 0.1) is 19.6 Å². The van der Waals surface area contributed by atoms with Gasteiger partial charge in [-0.2, -0.15) is 0 Å². The molecule has 0 spiro atoms. The third-order valence-corrected chi connectivity index (χ3v) is 2.20. The summed E-state index contributed by atoms with van der Waals surface area (Å²) in [7, 11) is 0. The third kappa shape index (κ3) is 5.36. The maximum atomic E-state index is 11.0. The van der Waals surface area contributed by atoms with Gasteiger partial charge < -0.3 is 14.6 Å². The van der Waals surface area contributed by atoms with Crippen molar-refractivity contribution in [2.45, 2.75) is 19.8 Å². The van der Waals surface area contributed by atoms with Gasteiger partial charge in [-0.3, -0.25) is 4.79 Å². The number of aliphatic hydroxyl groups is 1. The van der Waals surface area contributed by atoms with Crippen molar-refractivity contribution < 1.29 is 19.4 Å². The highest BCUT2D eigenvalue weighted by Crippen LogP contribution is 2.12. The van der Waals surface area contributed by atoms with Gasteiger partial charge in [0.1, 0.15) is 5.75 Å². The Labute approximate surface area is 101 Å². The number of benzene rings is 1. The Morgan fingerprint density at radius 2 is 2.00 bits per heavy atom. The fourth-order valence-corrected chi connectivity index (χ4v) is 1.37. The van der Waals surface area contributed by atoms with Gasteiger partial charge in [-0.05, 0) is 31.0 Å². The molecule has 0 heterocycles. The average Bonchev–Trinajstić information content (AvgIpc) is 2.32. The molecule has 94 valence electrons. The zero-order chi connectivity index (χ0) is 12.5. The molecule has 0 radical (unpaired) electrons. The maximum Gasteiger partial charge on any atom is 0.309 e. The van der Waals surface area contributed by atoms with Crippen LogP contribution < -0.4 is 4.74 Å². The Kier molecular flexibility index (Phi) is 6.10. The number of esters is 1. The van der Waals surface area contributed by atoms with Crippen LogP contribution in [0.3, 0.4) is 0 Å². The van der Waals surface area contributed by atoms with Gasteiger partial charge in [-0.25, -0.2) is 0 Å². The van der Waals surface area contributed by atoms with E-state index in [-0.39, 0.29) is 19.0 Å². The highest BCUT2D eigenvalue weighted by Gasteiger charge is 2.02. The van der Waals surface area contributed by atoms with E-state index >= 15 is 0 Å². The lowest BCUT2D eigenvalue weighted by atomic mass is 10.1. The van der Waals surface area contributed by atoms with Crippen molar-refractivity contribution in [2.75, 3.05) is 19.8 Å². The molecule has 0 saturated carbocycles. The number of aliphatic hydroxyl groups excluding tert-OH is 1. The first-order valence-corrected chi connectivity index (χ1v) is 5.74. The average molecular weight is 238 g/mol. The SMILES string of the molecule is CCOC(=O)CCOc1ccc(CCO)cc1. The molecule has 0 atom stereocenters. The maximum absolute atomic E-state index is 11.0. The molecular weight excluding hydrogens is 220 g/mol. The van der Waals surface area contributed by atoms with Crippen molar-refractivity contribution in [1.82, 2.24) is 0 Å². The van der Waals surface area contributed by atoms with Crippen molar-refractivity contribution in [3.8, 4) is 5.75 Å². The summed E-state index contributed by atoms with van der Waals surface area (Å²) in [6, 6.07) is 7.46. The standard InChI is InChI=1S/C13H18O4/c1-2-16-13(15)8-10-17-12-5-3-11(4-6-12)7-9-14/h3-6,14H,2,7-10H2,1H3. The van der Waals surface area contributed by atoms with Crippen LogP contribution in [0.5, 0.6) is 5.75 Å². The van der Waals surface area contributed by atoms with E-state index in [0.29, 0.717) is 19.6 Å². The Balaban J connectivity index is 2.29. The minimum absolute atomic E-state index is 0.142. The monoisotopic (exact) mass is 238 g/mol. The first-order chi connectivity index (χ1) is 8.26. The normalized spacial score (nSPS) is 10.0. The summed E-state index contributed by atoms with van der Waals surface area (Å²) in [5.74, 6) is 0.473. The van der Waals surface area contributed by atoms with E-state index < -0.39 is 0 Å². The molecule has 4 heteroatoms. The predicted octanol–water partition coefficient (Wildman–Crippen LogP) is 1.55. The van der Waals surface area contributed by atoms with Gasteiger partial charge in [-0.15, -0.1) is 0 Å². The van der Waals surface area contributed by atoms with E-state index in [0.717, 1.165) is 11.3 Å². The minimum atomic E-state index is -0.246. The second kappa shape index (κ2) is 7.68. The van der Waals surface area contributed by atoms with Crippen LogP contribution in [0.1, 0.15) is 18.9 Å². The first-order valence-electron chi connectivity index (χ1n) is 5.74. The second-order valence-corrected chi connectivity index (χ2v) is 3.52. The molecule has 1 rings (SSSR count). The highest BCUT2D eigenvalue weighted by molar-refractivity contribution is 5.69. The van der Waals surface area contributed by atoms with Crippen LogP contribution in [0.2, 0.25) is 0 Å².